The highest BCUT2D eigenvalue weighted by atomic mass is 16.6. The molecule has 1 rings (SSSR count). The van der Waals surface area contributed by atoms with Crippen molar-refractivity contribution in [2.75, 3.05) is 14.2 Å². The molecule has 0 saturated heterocycles. The molecule has 0 spiro atoms. The van der Waals surface area contributed by atoms with Crippen molar-refractivity contribution in [3.63, 3.8) is 0 Å². The van der Waals surface area contributed by atoms with E-state index in [1.807, 2.05) is 0 Å². The van der Waals surface area contributed by atoms with E-state index in [1.54, 1.807) is 20.8 Å². The van der Waals surface area contributed by atoms with Crippen molar-refractivity contribution in [2.45, 2.75) is 20.8 Å². The van der Waals surface area contributed by atoms with Crippen LogP contribution in [-0.2, 0) is 4.79 Å². The molecule has 0 atom stereocenters. The number of esters is 1. The molecule has 1 aromatic carbocycles. The average Bonchev–Trinajstić information content (AvgIpc) is 2.38. The maximum absolute atomic E-state index is 11.6. The van der Waals surface area contributed by atoms with Gasteiger partial charge in [0.25, 0.3) is 0 Å². The number of hydrogen-bond donors (Lipinski definition) is 1. The molecule has 0 heterocycles. The van der Waals surface area contributed by atoms with E-state index in [-0.39, 0.29) is 28.6 Å². The molecule has 5 heteroatoms. The van der Waals surface area contributed by atoms with E-state index < -0.39 is 5.97 Å². The van der Waals surface area contributed by atoms with Gasteiger partial charge in [-0.1, -0.05) is 6.58 Å². The highest BCUT2D eigenvalue weighted by Gasteiger charge is 2.24. The van der Waals surface area contributed by atoms with Gasteiger partial charge in [-0.05, 0) is 20.8 Å². The average molecular weight is 266 g/mol. The van der Waals surface area contributed by atoms with Crippen LogP contribution in [0.25, 0.3) is 0 Å². The van der Waals surface area contributed by atoms with E-state index in [0.717, 1.165) is 0 Å². The van der Waals surface area contributed by atoms with Gasteiger partial charge < -0.3 is 19.3 Å². The number of phenolic OH excluding ortho intramolecular Hbond substituents is 1. The number of ether oxygens (including phenoxy) is 3. The van der Waals surface area contributed by atoms with Crippen molar-refractivity contribution in [3.05, 3.63) is 23.3 Å². The third-order valence-corrected chi connectivity index (χ3v) is 2.84. The highest BCUT2D eigenvalue weighted by molar-refractivity contribution is 5.89. The van der Waals surface area contributed by atoms with Crippen LogP contribution in [0.4, 0.5) is 0 Å². The third-order valence-electron chi connectivity index (χ3n) is 2.84. The standard InChI is InChI=1S/C14H18O5/c1-7(2)14(16)19-11-9(4)8(3)10(15)12(17-5)13(11)18-6/h15H,1H2,2-6H3. The van der Waals surface area contributed by atoms with Crippen molar-refractivity contribution in [2.24, 2.45) is 0 Å². The maximum atomic E-state index is 11.6. The van der Waals surface area contributed by atoms with E-state index >= 15 is 0 Å². The lowest BCUT2D eigenvalue weighted by Crippen LogP contribution is -2.11. The Morgan fingerprint density at radius 3 is 2.00 bits per heavy atom. The Labute approximate surface area is 112 Å². The zero-order chi connectivity index (χ0) is 14.7. The van der Waals surface area contributed by atoms with Crippen LogP contribution in [0.3, 0.4) is 0 Å². The molecule has 0 aliphatic heterocycles. The van der Waals surface area contributed by atoms with Gasteiger partial charge in [-0.2, -0.15) is 0 Å². The van der Waals surface area contributed by atoms with Crippen LogP contribution in [0.2, 0.25) is 0 Å². The van der Waals surface area contributed by atoms with Crippen LogP contribution in [0.5, 0.6) is 23.0 Å². The van der Waals surface area contributed by atoms with Crippen molar-refractivity contribution in [1.82, 2.24) is 0 Å². The maximum Gasteiger partial charge on any atom is 0.338 e. The van der Waals surface area contributed by atoms with Gasteiger partial charge in [0.1, 0.15) is 0 Å². The summed E-state index contributed by atoms with van der Waals surface area (Å²) < 4.78 is 15.5. The summed E-state index contributed by atoms with van der Waals surface area (Å²) in [5, 5.41) is 10.00. The van der Waals surface area contributed by atoms with Gasteiger partial charge in [0, 0.05) is 16.7 Å². The summed E-state index contributed by atoms with van der Waals surface area (Å²) in [7, 11) is 2.81. The predicted molar refractivity (Wildman–Crippen MR) is 71.1 cm³/mol. The first-order valence-electron chi connectivity index (χ1n) is 5.66. The largest absolute Gasteiger partial charge is 0.504 e. The fraction of sp³-hybridized carbons (Fsp3) is 0.357. The van der Waals surface area contributed by atoms with Crippen LogP contribution in [-0.4, -0.2) is 25.3 Å². The lowest BCUT2D eigenvalue weighted by molar-refractivity contribution is -0.130. The molecular formula is C14H18O5. The monoisotopic (exact) mass is 266 g/mol. The van der Waals surface area contributed by atoms with Crippen molar-refractivity contribution in [1.29, 1.82) is 0 Å². The van der Waals surface area contributed by atoms with Crippen molar-refractivity contribution >= 4 is 5.97 Å². The lowest BCUT2D eigenvalue weighted by Gasteiger charge is -2.18. The molecular weight excluding hydrogens is 248 g/mol. The zero-order valence-electron chi connectivity index (χ0n) is 11.8. The summed E-state index contributed by atoms with van der Waals surface area (Å²) in [5.41, 5.74) is 1.43. The minimum atomic E-state index is -0.562. The Morgan fingerprint density at radius 2 is 1.58 bits per heavy atom. The van der Waals surface area contributed by atoms with E-state index in [2.05, 4.69) is 6.58 Å². The van der Waals surface area contributed by atoms with E-state index in [4.69, 9.17) is 14.2 Å². The number of benzene rings is 1. The van der Waals surface area contributed by atoms with Gasteiger partial charge in [-0.15, -0.1) is 0 Å². The summed E-state index contributed by atoms with van der Waals surface area (Å²) in [6, 6.07) is 0. The second kappa shape index (κ2) is 5.65. The van der Waals surface area contributed by atoms with Crippen LogP contribution in [0, 0.1) is 13.8 Å². The van der Waals surface area contributed by atoms with Gasteiger partial charge in [-0.3, -0.25) is 0 Å². The van der Waals surface area contributed by atoms with E-state index in [9.17, 15) is 9.90 Å². The normalized spacial score (nSPS) is 9.95. The molecule has 0 fully saturated rings. The van der Waals surface area contributed by atoms with Crippen LogP contribution < -0.4 is 14.2 Å². The lowest BCUT2D eigenvalue weighted by atomic mass is 10.1. The Bertz CT molecular complexity index is 531. The summed E-state index contributed by atoms with van der Waals surface area (Å²) >= 11 is 0. The number of hydrogen-bond acceptors (Lipinski definition) is 5. The molecule has 0 aliphatic carbocycles. The fourth-order valence-electron chi connectivity index (χ4n) is 1.58. The molecule has 19 heavy (non-hydrogen) atoms. The highest BCUT2D eigenvalue weighted by Crippen LogP contribution is 2.48. The summed E-state index contributed by atoms with van der Waals surface area (Å²) in [6.07, 6.45) is 0. The minimum absolute atomic E-state index is 0.0352. The molecule has 0 radical (unpaired) electrons. The molecule has 5 nitrogen and oxygen atoms in total. The zero-order valence-corrected chi connectivity index (χ0v) is 11.8. The molecule has 1 aromatic rings. The topological polar surface area (TPSA) is 65.0 Å². The molecule has 0 aliphatic rings. The van der Waals surface area contributed by atoms with Gasteiger partial charge in [0.15, 0.2) is 11.5 Å². The molecule has 0 unspecified atom stereocenters. The van der Waals surface area contributed by atoms with Crippen molar-refractivity contribution < 1.29 is 24.1 Å². The van der Waals surface area contributed by atoms with Gasteiger partial charge in [0.05, 0.1) is 14.2 Å². The van der Waals surface area contributed by atoms with Gasteiger partial charge >= 0.3 is 5.97 Å². The minimum Gasteiger partial charge on any atom is -0.504 e. The first-order chi connectivity index (χ1) is 8.84. The first-order valence-corrected chi connectivity index (χ1v) is 5.66. The Kier molecular flexibility index (Phi) is 4.43. The Balaban J connectivity index is 3.49. The van der Waals surface area contributed by atoms with Crippen LogP contribution >= 0.6 is 0 Å². The number of phenols is 1. The molecule has 0 amide bonds. The smallest absolute Gasteiger partial charge is 0.338 e. The number of carbonyl (C=O) groups is 1. The van der Waals surface area contributed by atoms with Crippen LogP contribution in [0.15, 0.2) is 12.2 Å². The number of rotatable bonds is 4. The molecule has 0 bridgehead atoms. The second-order valence-electron chi connectivity index (χ2n) is 4.16. The second-order valence-corrected chi connectivity index (χ2v) is 4.16. The van der Waals surface area contributed by atoms with Crippen LogP contribution in [0.1, 0.15) is 18.1 Å². The van der Waals surface area contributed by atoms with Gasteiger partial charge in [-0.25, -0.2) is 4.79 Å². The Morgan fingerprint density at radius 1 is 1.05 bits per heavy atom. The molecule has 104 valence electrons. The van der Waals surface area contributed by atoms with E-state index in [0.29, 0.717) is 11.1 Å². The number of carbonyl (C=O) groups excluding carboxylic acids is 1. The number of aromatic hydroxyl groups is 1. The number of methoxy groups -OCH3 is 2. The summed E-state index contributed by atoms with van der Waals surface area (Å²) in [5.74, 6) is -0.0593. The Hall–Kier alpha value is -2.17. The first kappa shape index (κ1) is 14.9. The van der Waals surface area contributed by atoms with Gasteiger partial charge in [0.2, 0.25) is 11.5 Å². The SMILES string of the molecule is C=C(C)C(=O)Oc1c(C)c(C)c(O)c(OC)c1OC. The molecule has 1 N–H and O–H groups in total. The predicted octanol–water partition coefficient (Wildman–Crippen LogP) is 2.51. The fourth-order valence-corrected chi connectivity index (χ4v) is 1.58. The third kappa shape index (κ3) is 2.65. The molecule has 0 aromatic heterocycles. The molecule has 0 saturated carbocycles. The summed E-state index contributed by atoms with van der Waals surface area (Å²) in [6.45, 7) is 8.49. The van der Waals surface area contributed by atoms with Crippen molar-refractivity contribution in [3.8, 4) is 23.0 Å². The van der Waals surface area contributed by atoms with E-state index in [1.165, 1.54) is 14.2 Å². The quantitative estimate of drug-likeness (QED) is 0.515. The summed E-state index contributed by atoms with van der Waals surface area (Å²) in [4.78, 5) is 11.6.